The third kappa shape index (κ3) is 1.78. The second kappa shape index (κ2) is 4.59. The first kappa shape index (κ1) is 12.9. The zero-order valence-electron chi connectivity index (χ0n) is 12.8. The predicted molar refractivity (Wildman–Crippen MR) is 80.3 cm³/mol. The molecule has 4 aliphatic rings. The summed E-state index contributed by atoms with van der Waals surface area (Å²) in [6, 6.07) is 0.0908. The monoisotopic (exact) mass is 273 g/mol. The van der Waals surface area contributed by atoms with Crippen molar-refractivity contribution in [1.82, 2.24) is 9.55 Å². The molecule has 1 unspecified atom stereocenters. The van der Waals surface area contributed by atoms with Crippen LogP contribution in [0.25, 0.3) is 0 Å². The van der Waals surface area contributed by atoms with Crippen molar-refractivity contribution in [2.45, 2.75) is 64.5 Å². The van der Waals surface area contributed by atoms with Crippen LogP contribution in [0.4, 0.5) is 0 Å². The lowest BCUT2D eigenvalue weighted by molar-refractivity contribution is -0.00677. The molecule has 1 aromatic rings. The van der Waals surface area contributed by atoms with Gasteiger partial charge in [-0.25, -0.2) is 4.98 Å². The van der Waals surface area contributed by atoms with Crippen LogP contribution >= 0.6 is 0 Å². The molecular weight excluding hydrogens is 246 g/mol. The molecule has 0 saturated heterocycles. The molecule has 4 aliphatic carbocycles. The second-order valence-corrected chi connectivity index (χ2v) is 7.53. The van der Waals surface area contributed by atoms with Gasteiger partial charge in [0.15, 0.2) is 0 Å². The van der Waals surface area contributed by atoms with E-state index in [4.69, 9.17) is 10.7 Å². The summed E-state index contributed by atoms with van der Waals surface area (Å²) in [5.41, 5.74) is 7.34. The van der Waals surface area contributed by atoms with Crippen LogP contribution in [-0.4, -0.2) is 9.55 Å². The van der Waals surface area contributed by atoms with Crippen LogP contribution in [0.2, 0.25) is 0 Å². The molecule has 0 spiro atoms. The lowest BCUT2D eigenvalue weighted by Gasteiger charge is -2.54. The Kier molecular flexibility index (Phi) is 2.95. The van der Waals surface area contributed by atoms with Crippen molar-refractivity contribution in [3.8, 4) is 0 Å². The highest BCUT2D eigenvalue weighted by atomic mass is 15.1. The minimum atomic E-state index is 0.0908. The van der Waals surface area contributed by atoms with Crippen molar-refractivity contribution in [1.29, 1.82) is 0 Å². The van der Waals surface area contributed by atoms with Crippen LogP contribution < -0.4 is 5.73 Å². The zero-order chi connectivity index (χ0) is 13.9. The maximum atomic E-state index is 6.12. The lowest BCUT2D eigenvalue weighted by Crippen LogP contribution is -2.44. The van der Waals surface area contributed by atoms with Crippen LogP contribution in [0.3, 0.4) is 0 Å². The van der Waals surface area contributed by atoms with Gasteiger partial charge in [-0.15, -0.1) is 0 Å². The van der Waals surface area contributed by atoms with E-state index in [1.54, 1.807) is 0 Å². The Labute approximate surface area is 122 Å². The molecule has 20 heavy (non-hydrogen) atoms. The van der Waals surface area contributed by atoms with E-state index in [1.165, 1.54) is 43.6 Å². The van der Waals surface area contributed by atoms with Crippen molar-refractivity contribution in [3.63, 3.8) is 0 Å². The summed E-state index contributed by atoms with van der Waals surface area (Å²) >= 11 is 0. The first-order chi connectivity index (χ1) is 9.67. The predicted octanol–water partition coefficient (Wildman–Crippen LogP) is 3.46. The molecule has 1 atom stereocenters. The maximum absolute atomic E-state index is 6.12. The van der Waals surface area contributed by atoms with E-state index in [9.17, 15) is 0 Å². The molecule has 2 N–H and O–H groups in total. The highest BCUT2D eigenvalue weighted by Gasteiger charge is 2.50. The van der Waals surface area contributed by atoms with Gasteiger partial charge in [0, 0.05) is 18.5 Å². The minimum absolute atomic E-state index is 0.0908. The molecule has 4 bridgehead atoms. The maximum Gasteiger partial charge on any atom is 0.112 e. The normalized spacial score (nSPS) is 40.2. The van der Waals surface area contributed by atoms with Gasteiger partial charge in [-0.1, -0.05) is 0 Å². The first-order valence-corrected chi connectivity index (χ1v) is 8.48. The smallest absolute Gasteiger partial charge is 0.112 e. The van der Waals surface area contributed by atoms with Crippen molar-refractivity contribution >= 4 is 0 Å². The molecule has 1 heterocycles. The third-order valence-electron chi connectivity index (χ3n) is 6.22. The summed E-state index contributed by atoms with van der Waals surface area (Å²) in [7, 11) is 0. The molecule has 0 aliphatic heterocycles. The Morgan fingerprint density at radius 3 is 2.30 bits per heavy atom. The fourth-order valence-corrected chi connectivity index (χ4v) is 5.72. The number of nitrogens with two attached hydrogens (primary N) is 1. The number of imidazole rings is 1. The number of aromatic nitrogens is 2. The van der Waals surface area contributed by atoms with Gasteiger partial charge in [0.05, 0.1) is 11.9 Å². The SMILES string of the molecule is CCn1c(C(C)N)cnc1C1C2CC3CC(C2)CC1C3. The van der Waals surface area contributed by atoms with Crippen molar-refractivity contribution in [2.75, 3.05) is 0 Å². The van der Waals surface area contributed by atoms with Crippen LogP contribution in [0.5, 0.6) is 0 Å². The molecule has 4 fully saturated rings. The van der Waals surface area contributed by atoms with Gasteiger partial charge in [-0.2, -0.15) is 0 Å². The summed E-state index contributed by atoms with van der Waals surface area (Å²) in [6.45, 7) is 5.31. The summed E-state index contributed by atoms with van der Waals surface area (Å²) in [6.07, 6.45) is 9.40. The van der Waals surface area contributed by atoms with Gasteiger partial charge in [-0.3, -0.25) is 0 Å². The fraction of sp³-hybridized carbons (Fsp3) is 0.824. The van der Waals surface area contributed by atoms with E-state index in [1.807, 2.05) is 6.20 Å². The fourth-order valence-electron chi connectivity index (χ4n) is 5.72. The van der Waals surface area contributed by atoms with Gasteiger partial charge in [0.2, 0.25) is 0 Å². The minimum Gasteiger partial charge on any atom is -0.331 e. The lowest BCUT2D eigenvalue weighted by atomic mass is 9.51. The Balaban J connectivity index is 1.71. The number of rotatable bonds is 3. The molecule has 1 aromatic heterocycles. The highest BCUT2D eigenvalue weighted by molar-refractivity contribution is 5.17. The summed E-state index contributed by atoms with van der Waals surface area (Å²) in [5.74, 6) is 5.95. The van der Waals surface area contributed by atoms with Crippen LogP contribution in [0.1, 0.15) is 69.4 Å². The molecule has 3 nitrogen and oxygen atoms in total. The Morgan fingerprint density at radius 2 is 1.80 bits per heavy atom. The molecule has 0 radical (unpaired) electrons. The standard InChI is InChI=1S/C17H27N3/c1-3-20-15(10(2)18)9-19-17(20)16-13-5-11-4-12(7-13)8-14(16)6-11/h9-14,16H,3-8,18H2,1-2H3. The summed E-state index contributed by atoms with van der Waals surface area (Å²) in [5, 5.41) is 0. The van der Waals surface area contributed by atoms with Gasteiger partial charge < -0.3 is 10.3 Å². The van der Waals surface area contributed by atoms with E-state index in [-0.39, 0.29) is 6.04 Å². The van der Waals surface area contributed by atoms with Gasteiger partial charge >= 0.3 is 0 Å². The van der Waals surface area contributed by atoms with Crippen LogP contribution in [-0.2, 0) is 6.54 Å². The highest BCUT2D eigenvalue weighted by Crippen LogP contribution is 2.59. The topological polar surface area (TPSA) is 43.8 Å². The van der Waals surface area contributed by atoms with E-state index >= 15 is 0 Å². The summed E-state index contributed by atoms with van der Waals surface area (Å²) in [4.78, 5) is 4.84. The average Bonchev–Trinajstić information content (AvgIpc) is 2.81. The number of hydrogen-bond donors (Lipinski definition) is 1. The van der Waals surface area contributed by atoms with Crippen molar-refractivity contribution in [3.05, 3.63) is 17.7 Å². The molecule has 4 saturated carbocycles. The average molecular weight is 273 g/mol. The Bertz CT molecular complexity index is 474. The van der Waals surface area contributed by atoms with E-state index in [2.05, 4.69) is 18.4 Å². The van der Waals surface area contributed by atoms with Gasteiger partial charge in [0.25, 0.3) is 0 Å². The Morgan fingerprint density at radius 1 is 1.20 bits per heavy atom. The van der Waals surface area contributed by atoms with E-state index < -0.39 is 0 Å². The third-order valence-corrected chi connectivity index (χ3v) is 6.22. The van der Waals surface area contributed by atoms with Crippen LogP contribution in [0, 0.1) is 23.7 Å². The van der Waals surface area contributed by atoms with Gasteiger partial charge in [0.1, 0.15) is 5.82 Å². The molecular formula is C17H27N3. The Hall–Kier alpha value is -0.830. The second-order valence-electron chi connectivity index (χ2n) is 7.53. The van der Waals surface area contributed by atoms with Crippen LogP contribution in [0.15, 0.2) is 6.20 Å². The quantitative estimate of drug-likeness (QED) is 0.916. The van der Waals surface area contributed by atoms with E-state index in [0.29, 0.717) is 0 Å². The van der Waals surface area contributed by atoms with Gasteiger partial charge in [-0.05, 0) is 69.6 Å². The summed E-state index contributed by atoms with van der Waals surface area (Å²) < 4.78 is 2.41. The molecule has 0 amide bonds. The largest absolute Gasteiger partial charge is 0.331 e. The molecule has 0 aromatic carbocycles. The molecule has 5 rings (SSSR count). The first-order valence-electron chi connectivity index (χ1n) is 8.48. The van der Waals surface area contributed by atoms with E-state index in [0.717, 1.165) is 36.1 Å². The van der Waals surface area contributed by atoms with Crippen molar-refractivity contribution in [2.24, 2.45) is 29.4 Å². The molecule has 110 valence electrons. The zero-order valence-corrected chi connectivity index (χ0v) is 12.8. The molecule has 3 heteroatoms. The number of hydrogen-bond acceptors (Lipinski definition) is 2. The number of nitrogens with zero attached hydrogens (tertiary/aromatic N) is 2. The van der Waals surface area contributed by atoms with Crippen molar-refractivity contribution < 1.29 is 0 Å².